The van der Waals surface area contributed by atoms with Crippen LogP contribution in [0.3, 0.4) is 0 Å². The second kappa shape index (κ2) is 36.7. The van der Waals surface area contributed by atoms with Gasteiger partial charge in [-0.3, -0.25) is 0 Å². The van der Waals surface area contributed by atoms with Gasteiger partial charge in [0.05, 0.1) is 26.9 Å². The van der Waals surface area contributed by atoms with E-state index in [9.17, 15) is 5.11 Å². The minimum absolute atomic E-state index is 0.0852. The van der Waals surface area contributed by atoms with E-state index in [4.69, 9.17) is 18.9 Å². The summed E-state index contributed by atoms with van der Waals surface area (Å²) in [6, 6.07) is 9.76. The number of aliphatic hydroxyl groups is 1. The molecule has 0 fully saturated rings. The van der Waals surface area contributed by atoms with Crippen molar-refractivity contribution >= 4 is 0 Å². The van der Waals surface area contributed by atoms with Crippen LogP contribution in [0.15, 0.2) is 30.3 Å². The number of ether oxygens (including phenoxy) is 4. The molecule has 0 heterocycles. The Hall–Kier alpha value is -2.40. The highest BCUT2D eigenvalue weighted by atomic mass is 16.5. The number of aliphatic hydroxyl groups excluding tert-OH is 1. The number of aryl methyl sites for hydroxylation is 1. The first-order valence-corrected chi connectivity index (χ1v) is 24.4. The van der Waals surface area contributed by atoms with Gasteiger partial charge < -0.3 is 24.1 Å². The van der Waals surface area contributed by atoms with Crippen molar-refractivity contribution in [3.05, 3.63) is 47.0 Å². The van der Waals surface area contributed by atoms with Crippen molar-refractivity contribution in [3.8, 4) is 23.0 Å². The molecule has 57 heavy (non-hydrogen) atoms. The van der Waals surface area contributed by atoms with Gasteiger partial charge in [-0.25, -0.2) is 0 Å². The fourth-order valence-corrected chi connectivity index (χ4v) is 7.93. The Morgan fingerprint density at radius 2 is 0.842 bits per heavy atom. The lowest BCUT2D eigenvalue weighted by Crippen LogP contribution is -2.06. The third kappa shape index (κ3) is 26.3. The van der Waals surface area contributed by atoms with E-state index in [-0.39, 0.29) is 6.61 Å². The smallest absolute Gasteiger partial charge is 0.164 e. The van der Waals surface area contributed by atoms with Gasteiger partial charge in [-0.05, 0) is 55.2 Å². The predicted octanol–water partition coefficient (Wildman–Crippen LogP) is 16.4. The maximum Gasteiger partial charge on any atom is 0.164 e. The van der Waals surface area contributed by atoms with E-state index < -0.39 is 0 Å². The molecule has 0 radical (unpaired) electrons. The van der Waals surface area contributed by atoms with E-state index >= 15 is 0 Å². The summed E-state index contributed by atoms with van der Waals surface area (Å²) < 4.78 is 24.5. The van der Waals surface area contributed by atoms with Gasteiger partial charge in [0.15, 0.2) is 11.5 Å². The summed E-state index contributed by atoms with van der Waals surface area (Å²) in [6.07, 6.45) is 43.6. The number of rotatable bonds is 41. The highest BCUT2D eigenvalue weighted by Gasteiger charge is 2.14. The van der Waals surface area contributed by atoms with Crippen molar-refractivity contribution in [1.82, 2.24) is 0 Å². The molecule has 2 aromatic rings. The average molecular weight is 795 g/mol. The molecule has 0 bridgehead atoms. The minimum Gasteiger partial charge on any atom is -0.497 e. The highest BCUT2D eigenvalue weighted by molar-refractivity contribution is 5.49. The largest absolute Gasteiger partial charge is 0.497 e. The van der Waals surface area contributed by atoms with Crippen LogP contribution < -0.4 is 18.9 Å². The molecule has 5 nitrogen and oxygen atoms in total. The van der Waals surface area contributed by atoms with Crippen molar-refractivity contribution < 1.29 is 24.1 Å². The van der Waals surface area contributed by atoms with Gasteiger partial charge in [-0.2, -0.15) is 0 Å². The van der Waals surface area contributed by atoms with Crippen LogP contribution in [0, 0.1) is 6.92 Å². The van der Waals surface area contributed by atoms with Crippen molar-refractivity contribution in [1.29, 1.82) is 0 Å². The third-order valence-electron chi connectivity index (χ3n) is 11.6. The SMILES string of the molecule is CCCCCCCCCCCCCCCCCCOc1cc(COc2cc(OC)ccc2CO)cc(C)c1OCCCCCCCCCCCCCCCCCC. The monoisotopic (exact) mass is 795 g/mol. The molecule has 2 aromatic carbocycles. The zero-order chi connectivity index (χ0) is 40.9. The lowest BCUT2D eigenvalue weighted by Gasteiger charge is -2.18. The van der Waals surface area contributed by atoms with Gasteiger partial charge >= 0.3 is 0 Å². The summed E-state index contributed by atoms with van der Waals surface area (Å²) in [4.78, 5) is 0. The predicted molar refractivity (Wildman–Crippen MR) is 245 cm³/mol. The Morgan fingerprint density at radius 3 is 1.25 bits per heavy atom. The van der Waals surface area contributed by atoms with Crippen LogP contribution in [-0.2, 0) is 13.2 Å². The van der Waals surface area contributed by atoms with Gasteiger partial charge in [0.25, 0.3) is 0 Å². The Morgan fingerprint density at radius 1 is 0.439 bits per heavy atom. The quantitative estimate of drug-likeness (QED) is 0.0680. The maximum atomic E-state index is 9.86. The zero-order valence-electron chi connectivity index (χ0n) is 37.9. The summed E-state index contributed by atoms with van der Waals surface area (Å²) in [7, 11) is 1.64. The lowest BCUT2D eigenvalue weighted by molar-refractivity contribution is 0.251. The van der Waals surface area contributed by atoms with Crippen LogP contribution in [0.2, 0.25) is 0 Å². The molecule has 0 aliphatic rings. The maximum absolute atomic E-state index is 9.86. The van der Waals surface area contributed by atoms with Gasteiger partial charge in [0.1, 0.15) is 18.1 Å². The molecule has 1 N–H and O–H groups in total. The van der Waals surface area contributed by atoms with Gasteiger partial charge in [-0.15, -0.1) is 0 Å². The highest BCUT2D eigenvalue weighted by Crippen LogP contribution is 2.34. The second-order valence-electron chi connectivity index (χ2n) is 17.0. The summed E-state index contributed by atoms with van der Waals surface area (Å²) in [5.74, 6) is 3.03. The molecule has 0 atom stereocenters. The van der Waals surface area contributed by atoms with Gasteiger partial charge in [0, 0.05) is 11.6 Å². The van der Waals surface area contributed by atoms with Crippen molar-refractivity contribution in [3.63, 3.8) is 0 Å². The van der Waals surface area contributed by atoms with Crippen molar-refractivity contribution in [2.45, 2.75) is 239 Å². The van der Waals surface area contributed by atoms with Crippen molar-refractivity contribution in [2.24, 2.45) is 0 Å². The Labute approximate surface area is 352 Å². The van der Waals surface area contributed by atoms with Gasteiger partial charge in [-0.1, -0.05) is 206 Å². The fraction of sp³-hybridized carbons (Fsp3) is 0.769. The number of unbranched alkanes of at least 4 members (excludes halogenated alkanes) is 30. The van der Waals surface area contributed by atoms with Crippen LogP contribution in [0.5, 0.6) is 23.0 Å². The minimum atomic E-state index is -0.0852. The molecule has 328 valence electrons. The van der Waals surface area contributed by atoms with E-state index in [0.717, 1.165) is 41.0 Å². The Bertz CT molecular complexity index is 1200. The first-order chi connectivity index (χ1) is 28.1. The molecule has 0 saturated carbocycles. The summed E-state index contributed by atoms with van der Waals surface area (Å²) in [5.41, 5.74) is 2.84. The zero-order valence-corrected chi connectivity index (χ0v) is 37.9. The molecule has 0 amide bonds. The van der Waals surface area contributed by atoms with E-state index in [2.05, 4.69) is 32.9 Å². The first-order valence-electron chi connectivity index (χ1n) is 24.4. The lowest BCUT2D eigenvalue weighted by atomic mass is 10.0. The molecule has 0 aromatic heterocycles. The number of methoxy groups -OCH3 is 1. The second-order valence-corrected chi connectivity index (χ2v) is 17.0. The number of hydrogen-bond donors (Lipinski definition) is 1. The molecule has 5 heteroatoms. The Kier molecular flexibility index (Phi) is 32.6. The van der Waals surface area contributed by atoms with E-state index in [1.54, 1.807) is 7.11 Å². The van der Waals surface area contributed by atoms with Crippen LogP contribution in [0.1, 0.15) is 236 Å². The molecule has 0 aliphatic carbocycles. The van der Waals surface area contributed by atoms with E-state index in [1.807, 2.05) is 18.2 Å². The summed E-state index contributed by atoms with van der Waals surface area (Å²) >= 11 is 0. The molecular weight excluding hydrogens is 705 g/mol. The fourth-order valence-electron chi connectivity index (χ4n) is 7.93. The number of benzene rings is 2. The normalized spacial score (nSPS) is 11.3. The van der Waals surface area contributed by atoms with E-state index in [0.29, 0.717) is 31.3 Å². The van der Waals surface area contributed by atoms with Crippen LogP contribution >= 0.6 is 0 Å². The molecule has 0 unspecified atom stereocenters. The van der Waals surface area contributed by atoms with Crippen molar-refractivity contribution in [2.75, 3.05) is 20.3 Å². The third-order valence-corrected chi connectivity index (χ3v) is 11.6. The average Bonchev–Trinajstić information content (AvgIpc) is 3.22. The molecular formula is C52H90O5. The Balaban J connectivity index is 1.71. The van der Waals surface area contributed by atoms with Gasteiger partial charge in [0.2, 0.25) is 0 Å². The standard InChI is InChI=1S/C52H90O5/c1-5-7-9-11-13-15-17-19-21-23-25-27-29-31-33-35-39-55-51-42-47(45-57-50-43-49(54-4)38-37-48(50)44-53)41-46(3)52(51)56-40-36-34-32-30-28-26-24-22-20-18-16-14-12-10-8-6-2/h37-38,41-43,53H,5-36,39-40,44-45H2,1-4H3. The first kappa shape index (κ1) is 50.7. The molecule has 0 saturated heterocycles. The van der Waals surface area contributed by atoms with Crippen LogP contribution in [0.25, 0.3) is 0 Å². The topological polar surface area (TPSA) is 57.2 Å². The van der Waals surface area contributed by atoms with Crippen LogP contribution in [0.4, 0.5) is 0 Å². The molecule has 0 aliphatic heterocycles. The van der Waals surface area contributed by atoms with Crippen LogP contribution in [-0.4, -0.2) is 25.4 Å². The van der Waals surface area contributed by atoms with E-state index in [1.165, 1.54) is 193 Å². The summed E-state index contributed by atoms with van der Waals surface area (Å²) in [5, 5.41) is 9.86. The molecule has 2 rings (SSSR count). The number of hydrogen-bond acceptors (Lipinski definition) is 5. The molecule has 0 spiro atoms. The summed E-state index contributed by atoms with van der Waals surface area (Å²) in [6.45, 7) is 8.40.